The molecular formula is C16H21N3O5. The van der Waals surface area contributed by atoms with Crippen LogP contribution in [0.15, 0.2) is 18.2 Å². The van der Waals surface area contributed by atoms with Crippen LogP contribution in [0.4, 0.5) is 11.4 Å². The Morgan fingerprint density at radius 2 is 2.08 bits per heavy atom. The number of esters is 1. The minimum Gasteiger partial charge on any atom is -0.423 e. The summed E-state index contributed by atoms with van der Waals surface area (Å²) in [5.74, 6) is -0.564. The average Bonchev–Trinajstić information content (AvgIpc) is 2.45. The molecule has 8 nitrogen and oxygen atoms in total. The second kappa shape index (κ2) is 6.46. The molecule has 1 heterocycles. The summed E-state index contributed by atoms with van der Waals surface area (Å²) in [6.45, 7) is 8.20. The summed E-state index contributed by atoms with van der Waals surface area (Å²) in [5.41, 5.74) is -0.00132. The third-order valence-electron chi connectivity index (χ3n) is 3.79. The lowest BCUT2D eigenvalue weighted by atomic mass is 10.1. The van der Waals surface area contributed by atoms with E-state index in [0.717, 1.165) is 0 Å². The summed E-state index contributed by atoms with van der Waals surface area (Å²) in [6.07, 6.45) is 0. The largest absolute Gasteiger partial charge is 0.423 e. The van der Waals surface area contributed by atoms with Crippen molar-refractivity contribution in [3.63, 3.8) is 0 Å². The number of ether oxygens (including phenoxy) is 1. The third kappa shape index (κ3) is 3.64. The molecule has 0 radical (unpaired) electrons. The molecule has 1 aliphatic heterocycles. The number of rotatable bonds is 4. The predicted octanol–water partition coefficient (Wildman–Crippen LogP) is 1.97. The van der Waals surface area contributed by atoms with Gasteiger partial charge in [0.05, 0.1) is 23.2 Å². The van der Waals surface area contributed by atoms with E-state index in [4.69, 9.17) is 4.74 Å². The van der Waals surface area contributed by atoms with Gasteiger partial charge >= 0.3 is 5.97 Å². The number of nitro benzene ring substituents is 1. The van der Waals surface area contributed by atoms with Crippen LogP contribution in [-0.4, -0.2) is 46.9 Å². The highest BCUT2D eigenvalue weighted by atomic mass is 16.6. The Labute approximate surface area is 140 Å². The molecule has 0 spiro atoms. The van der Waals surface area contributed by atoms with Crippen LogP contribution < -0.4 is 9.64 Å². The van der Waals surface area contributed by atoms with Crippen LogP contribution in [0.5, 0.6) is 5.75 Å². The zero-order valence-electron chi connectivity index (χ0n) is 14.2. The van der Waals surface area contributed by atoms with Gasteiger partial charge in [-0.05, 0) is 33.8 Å². The third-order valence-corrected chi connectivity index (χ3v) is 3.79. The van der Waals surface area contributed by atoms with Crippen molar-refractivity contribution in [2.45, 2.75) is 33.2 Å². The number of likely N-dealkylation sites (N-methyl/N-ethyl adjacent to an activating group) is 1. The summed E-state index contributed by atoms with van der Waals surface area (Å²) in [5, 5.41) is 10.9. The number of hydrogen-bond acceptors (Lipinski definition) is 6. The molecule has 0 saturated carbocycles. The standard InChI is InChI=1S/C16H21N3O5/c1-5-18(16(2,3)4)14(20)9-17-10-15(21)24-13-8-11(19(22)23)6-7-12(13)17/h6-8H,5,9-10H2,1-4H3. The van der Waals surface area contributed by atoms with Crippen molar-refractivity contribution in [3.8, 4) is 5.75 Å². The van der Waals surface area contributed by atoms with Gasteiger partial charge in [0.25, 0.3) is 5.69 Å². The van der Waals surface area contributed by atoms with Gasteiger partial charge in [0.15, 0.2) is 5.75 Å². The van der Waals surface area contributed by atoms with Gasteiger partial charge in [-0.2, -0.15) is 0 Å². The van der Waals surface area contributed by atoms with E-state index >= 15 is 0 Å². The van der Waals surface area contributed by atoms with E-state index in [0.29, 0.717) is 12.2 Å². The van der Waals surface area contributed by atoms with Crippen LogP contribution in [0.3, 0.4) is 0 Å². The summed E-state index contributed by atoms with van der Waals surface area (Å²) in [7, 11) is 0. The lowest BCUT2D eigenvalue weighted by Crippen LogP contribution is -2.51. The first kappa shape index (κ1) is 17.7. The minimum atomic E-state index is -0.559. The van der Waals surface area contributed by atoms with Crippen LogP contribution in [0.1, 0.15) is 27.7 Å². The SMILES string of the molecule is CCN(C(=O)CN1CC(=O)Oc2cc([N+](=O)[O-])ccc21)C(C)(C)C. The summed E-state index contributed by atoms with van der Waals surface area (Å²) in [4.78, 5) is 38.0. The molecule has 24 heavy (non-hydrogen) atoms. The number of carbonyl (C=O) groups excluding carboxylic acids is 2. The van der Waals surface area contributed by atoms with Gasteiger partial charge in [-0.3, -0.25) is 14.9 Å². The highest BCUT2D eigenvalue weighted by Crippen LogP contribution is 2.35. The van der Waals surface area contributed by atoms with Crippen molar-refractivity contribution in [2.24, 2.45) is 0 Å². The Kier molecular flexibility index (Phi) is 4.77. The van der Waals surface area contributed by atoms with Crippen molar-refractivity contribution in [3.05, 3.63) is 28.3 Å². The second-order valence-corrected chi connectivity index (χ2v) is 6.55. The topological polar surface area (TPSA) is 93.0 Å². The molecule has 8 heteroatoms. The first-order valence-corrected chi connectivity index (χ1v) is 7.68. The molecular weight excluding hydrogens is 314 g/mol. The van der Waals surface area contributed by atoms with Crippen LogP contribution in [0.25, 0.3) is 0 Å². The molecule has 1 aliphatic rings. The van der Waals surface area contributed by atoms with Crippen molar-refractivity contribution in [2.75, 3.05) is 24.5 Å². The zero-order chi connectivity index (χ0) is 18.1. The number of nitro groups is 1. The van der Waals surface area contributed by atoms with Crippen LogP contribution in [0.2, 0.25) is 0 Å². The Morgan fingerprint density at radius 1 is 1.42 bits per heavy atom. The number of nitrogens with zero attached hydrogens (tertiary/aromatic N) is 3. The van der Waals surface area contributed by atoms with E-state index in [1.807, 2.05) is 27.7 Å². The summed E-state index contributed by atoms with van der Waals surface area (Å²) in [6, 6.07) is 4.03. The molecule has 2 rings (SSSR count). The van der Waals surface area contributed by atoms with Gasteiger partial charge in [0, 0.05) is 18.2 Å². The normalized spacial score (nSPS) is 14.0. The maximum Gasteiger partial charge on any atom is 0.331 e. The van der Waals surface area contributed by atoms with E-state index in [-0.39, 0.29) is 36.0 Å². The van der Waals surface area contributed by atoms with E-state index in [1.54, 1.807) is 9.80 Å². The Hall–Kier alpha value is -2.64. The number of carbonyl (C=O) groups is 2. The maximum atomic E-state index is 12.6. The molecule has 1 amide bonds. The van der Waals surface area contributed by atoms with Gasteiger partial charge in [0.2, 0.25) is 5.91 Å². The van der Waals surface area contributed by atoms with Crippen LogP contribution in [-0.2, 0) is 9.59 Å². The smallest absolute Gasteiger partial charge is 0.331 e. The highest BCUT2D eigenvalue weighted by Gasteiger charge is 2.31. The maximum absolute atomic E-state index is 12.6. The van der Waals surface area contributed by atoms with Gasteiger partial charge in [0.1, 0.15) is 6.54 Å². The molecule has 0 aromatic heterocycles. The van der Waals surface area contributed by atoms with Crippen molar-refractivity contribution >= 4 is 23.3 Å². The average molecular weight is 335 g/mol. The molecule has 0 aliphatic carbocycles. The number of benzene rings is 1. The fourth-order valence-corrected chi connectivity index (χ4v) is 2.77. The molecule has 0 bridgehead atoms. The van der Waals surface area contributed by atoms with Crippen molar-refractivity contribution in [1.29, 1.82) is 0 Å². The van der Waals surface area contributed by atoms with Crippen molar-refractivity contribution < 1.29 is 19.2 Å². The molecule has 0 unspecified atom stereocenters. The van der Waals surface area contributed by atoms with Gasteiger partial charge in [-0.15, -0.1) is 0 Å². The molecule has 130 valence electrons. The van der Waals surface area contributed by atoms with Gasteiger partial charge < -0.3 is 14.5 Å². The first-order chi connectivity index (χ1) is 11.1. The van der Waals surface area contributed by atoms with Gasteiger partial charge in [-0.1, -0.05) is 0 Å². The predicted molar refractivity (Wildman–Crippen MR) is 88.1 cm³/mol. The zero-order valence-corrected chi connectivity index (χ0v) is 14.2. The molecule has 1 aromatic carbocycles. The van der Waals surface area contributed by atoms with E-state index < -0.39 is 10.9 Å². The molecule has 0 atom stereocenters. The number of anilines is 1. The Morgan fingerprint density at radius 3 is 2.62 bits per heavy atom. The number of non-ortho nitro benzene ring substituents is 1. The van der Waals surface area contributed by atoms with E-state index in [9.17, 15) is 19.7 Å². The minimum absolute atomic E-state index is 0.00498. The molecule has 0 fully saturated rings. The number of hydrogen-bond donors (Lipinski definition) is 0. The monoisotopic (exact) mass is 335 g/mol. The van der Waals surface area contributed by atoms with Crippen LogP contribution >= 0.6 is 0 Å². The fourth-order valence-electron chi connectivity index (χ4n) is 2.77. The molecule has 0 N–H and O–H groups in total. The Balaban J connectivity index is 2.28. The number of amides is 1. The lowest BCUT2D eigenvalue weighted by molar-refractivity contribution is -0.384. The first-order valence-electron chi connectivity index (χ1n) is 7.68. The molecule has 1 aromatic rings. The quantitative estimate of drug-likeness (QED) is 0.361. The molecule has 0 saturated heterocycles. The van der Waals surface area contributed by atoms with Crippen molar-refractivity contribution in [1.82, 2.24) is 4.90 Å². The van der Waals surface area contributed by atoms with Crippen LogP contribution in [0, 0.1) is 10.1 Å². The number of fused-ring (bicyclic) bond motifs is 1. The summed E-state index contributed by atoms with van der Waals surface area (Å²) < 4.78 is 5.08. The fraction of sp³-hybridized carbons (Fsp3) is 0.500. The van der Waals surface area contributed by atoms with E-state index in [2.05, 4.69) is 0 Å². The lowest BCUT2D eigenvalue weighted by Gasteiger charge is -2.37. The van der Waals surface area contributed by atoms with E-state index in [1.165, 1.54) is 18.2 Å². The Bertz CT molecular complexity index is 681. The second-order valence-electron chi connectivity index (χ2n) is 6.55. The van der Waals surface area contributed by atoms with Gasteiger partial charge in [-0.25, -0.2) is 4.79 Å². The highest BCUT2D eigenvalue weighted by molar-refractivity contribution is 5.89. The summed E-state index contributed by atoms with van der Waals surface area (Å²) >= 11 is 0.